The average molecular weight is 1670 g/mol. The van der Waals surface area contributed by atoms with Crippen molar-refractivity contribution in [3.8, 4) is 22.6 Å². The van der Waals surface area contributed by atoms with Crippen molar-refractivity contribution in [3.05, 3.63) is 47.5 Å². The number of aliphatic hydroxyl groups excluding tert-OH is 4. The first-order valence-corrected chi connectivity index (χ1v) is 40.3. The number of hydrogen-bond acceptors (Lipinski definition) is 26. The number of carboxylic acid groups (broad SMARTS) is 2. The minimum atomic E-state index is -1.95. The van der Waals surface area contributed by atoms with Gasteiger partial charge in [0.2, 0.25) is 70.9 Å². The number of unbranched alkanes of at least 4 members (excludes halogenated alkanes) is 4. The van der Waals surface area contributed by atoms with Crippen molar-refractivity contribution in [2.24, 2.45) is 58.1 Å². The lowest BCUT2D eigenvalue weighted by Gasteiger charge is -2.30. The van der Waals surface area contributed by atoms with E-state index in [1.165, 1.54) is 52.0 Å². The molecule has 2 aromatic rings. The third-order valence-electron chi connectivity index (χ3n) is 20.1. The number of carboxylic acids is 2. The van der Waals surface area contributed by atoms with Crippen molar-refractivity contribution in [3.63, 3.8) is 0 Å². The highest BCUT2D eigenvalue weighted by atomic mass is 16.4. The van der Waals surface area contributed by atoms with Crippen LogP contribution in [0.5, 0.6) is 11.5 Å². The number of carbonyl (C=O) groups excluding carboxylic acids is 12. The van der Waals surface area contributed by atoms with Gasteiger partial charge in [0.25, 0.3) is 0 Å². The van der Waals surface area contributed by atoms with E-state index in [0.717, 1.165) is 26.0 Å². The summed E-state index contributed by atoms with van der Waals surface area (Å²) in [4.78, 5) is 194. The Bertz CT molecular complexity index is 3380. The van der Waals surface area contributed by atoms with E-state index in [2.05, 4.69) is 63.8 Å². The highest BCUT2D eigenvalue weighted by molar-refractivity contribution is 6.00. The zero-order valence-corrected chi connectivity index (χ0v) is 69.3. The first-order chi connectivity index (χ1) is 55.6. The van der Waals surface area contributed by atoms with E-state index < -0.39 is 241 Å². The number of aliphatic carboxylic acids is 2. The van der Waals surface area contributed by atoms with Crippen LogP contribution in [0.15, 0.2) is 36.4 Å². The monoisotopic (exact) mass is 1670 g/mol. The van der Waals surface area contributed by atoms with Gasteiger partial charge in [-0.05, 0) is 163 Å². The Kier molecular flexibility index (Phi) is 47.4. The molecule has 0 aliphatic rings. The maximum Gasteiger partial charge on any atom is 0.326 e. The minimum Gasteiger partial charge on any atom is -0.507 e. The molecule has 0 aliphatic heterocycles. The van der Waals surface area contributed by atoms with Gasteiger partial charge in [-0.2, -0.15) is 0 Å². The fourth-order valence-electron chi connectivity index (χ4n) is 12.3. The van der Waals surface area contributed by atoms with Crippen LogP contribution in [-0.4, -0.2) is 260 Å². The van der Waals surface area contributed by atoms with E-state index in [1.807, 2.05) is 0 Å². The van der Waals surface area contributed by atoms with Crippen molar-refractivity contribution in [2.45, 2.75) is 269 Å². The molecule has 0 bridgehead atoms. The van der Waals surface area contributed by atoms with E-state index in [4.69, 9.17) is 34.4 Å². The Labute approximate surface area is 688 Å². The molecule has 666 valence electrons. The van der Waals surface area contributed by atoms with E-state index in [0.29, 0.717) is 64.5 Å². The number of phenols is 2. The van der Waals surface area contributed by atoms with Crippen molar-refractivity contribution in [2.75, 3.05) is 39.4 Å². The summed E-state index contributed by atoms with van der Waals surface area (Å²) in [5.41, 5.74) is 35.3. The Morgan fingerprint density at radius 3 is 0.856 bits per heavy atom. The SMILES string of the molecule is CCC(C)[C@H](NC(=O)[C@H](CO)NC(=O)[C@@H](NC(=O)[C@@H](NC(=O)[C@H](Cc1ccc(O)c(-c2cc(C[C@H](NC(=O)[C@H](CCCCN)NC(=O)[C@@H](N)CCCCN)C(=O)N[C@H](C(=O)N[C@H](C(=O)N[C@@H](CO)C(=O)N[C@H](C(=O)O)C(C)CC)C(C)C)C(C)O)ccc2O)c1)NC(=O)[C@H](CCCCN)NC(=O)[C@@H](N)CCCCN)C(C)O)C(C)C)C(=O)O. The van der Waals surface area contributed by atoms with Gasteiger partial charge in [-0.3, -0.25) is 57.5 Å². The molecule has 40 heteroatoms. The zero-order valence-electron chi connectivity index (χ0n) is 69.3. The molecule has 0 fully saturated rings. The molecule has 12 amide bonds. The summed E-state index contributed by atoms with van der Waals surface area (Å²) in [7, 11) is 0. The summed E-state index contributed by atoms with van der Waals surface area (Å²) in [5, 5.41) is 116. The van der Waals surface area contributed by atoms with Crippen LogP contribution in [0.2, 0.25) is 0 Å². The van der Waals surface area contributed by atoms with Gasteiger partial charge in [-0.1, -0.05) is 93.2 Å². The Balaban J connectivity index is 2.97. The Morgan fingerprint density at radius 2 is 0.585 bits per heavy atom. The molecular weight excluding hydrogens is 1540 g/mol. The summed E-state index contributed by atoms with van der Waals surface area (Å²) in [6.07, 6.45) is -0.438. The molecule has 0 aliphatic carbocycles. The first-order valence-electron chi connectivity index (χ1n) is 40.3. The number of phenolic OH excluding ortho intramolecular Hbond substituents is 2. The lowest BCUT2D eigenvalue weighted by molar-refractivity contribution is -0.144. The predicted octanol–water partition coefficient (Wildman–Crippen LogP) is -4.84. The van der Waals surface area contributed by atoms with Crippen LogP contribution in [0.1, 0.15) is 170 Å². The number of hydrogen-bond donors (Lipinski definition) is 26. The highest BCUT2D eigenvalue weighted by Crippen LogP contribution is 2.37. The zero-order chi connectivity index (χ0) is 89.4. The van der Waals surface area contributed by atoms with E-state index in [-0.39, 0.29) is 73.9 Å². The van der Waals surface area contributed by atoms with Gasteiger partial charge in [-0.25, -0.2) is 9.59 Å². The molecule has 0 saturated carbocycles. The summed E-state index contributed by atoms with van der Waals surface area (Å²) in [6.45, 7) is 13.7. The number of amides is 12. The molecule has 0 aromatic heterocycles. The molecule has 0 spiro atoms. The van der Waals surface area contributed by atoms with E-state index in [1.54, 1.807) is 27.7 Å². The largest absolute Gasteiger partial charge is 0.507 e. The highest BCUT2D eigenvalue weighted by Gasteiger charge is 2.40. The summed E-state index contributed by atoms with van der Waals surface area (Å²) < 4.78 is 0. The van der Waals surface area contributed by atoms with Crippen molar-refractivity contribution < 1.29 is 108 Å². The fraction of sp³-hybridized carbons (Fsp3) is 0.667. The lowest BCUT2D eigenvalue weighted by Crippen LogP contribution is -2.63. The first kappa shape index (κ1) is 104. The van der Waals surface area contributed by atoms with E-state index >= 15 is 9.59 Å². The second-order valence-corrected chi connectivity index (χ2v) is 30.5. The fourth-order valence-corrected chi connectivity index (χ4v) is 12.3. The maximum absolute atomic E-state index is 15.0. The van der Waals surface area contributed by atoms with Gasteiger partial charge in [0.15, 0.2) is 0 Å². The van der Waals surface area contributed by atoms with Crippen LogP contribution in [0.25, 0.3) is 11.1 Å². The Morgan fingerprint density at radius 1 is 0.331 bits per heavy atom. The molecule has 0 radical (unpaired) electrons. The van der Waals surface area contributed by atoms with Crippen molar-refractivity contribution in [1.29, 1.82) is 0 Å². The van der Waals surface area contributed by atoms with Gasteiger partial charge in [0.1, 0.15) is 84.0 Å². The number of aliphatic hydroxyl groups is 4. The predicted molar refractivity (Wildman–Crippen MR) is 435 cm³/mol. The standard InChI is InChI=1S/C78H132N18O22/c1-11-41(7)61(77(115)116)93-71(109)55(37-97)89-73(111)59(39(3)4)91-75(113)63(43(9)99)95-69(107)53(87-67(105)51(23-15-19-31-81)85-65(103)49(83)21-13-17-29-79)35-45-25-27-57(101)47(33-45)48-34-46(26-28-58(48)102)36-54(88-68(106)52(24-16-20-32-82)86-66(104)50(84)22-14-18-30-80)70(108)96-64(44(10)100)76(114)92-60(40(5)6)74(112)90-56(38-98)72(110)94-62(78(117)118)42(8)12-2/h25-28,33-34,39-44,49-56,59-64,97-102H,11-24,29-32,35-38,79-84H2,1-10H3,(H,85,103)(H,86,104)(H,87,105)(H,88,106)(H,89,111)(H,90,112)(H,91,113)(H,92,114)(H,93,109)(H,94,110)(H,95,107)(H,96,108)(H,115,116)(H,117,118)/t41?,42?,43?,44?,49-,50-,51-,52-,53-,54-,55-,56-,59-,60-,61-,62-,63-,64-/m0/s1. The summed E-state index contributed by atoms with van der Waals surface area (Å²) >= 11 is 0. The third kappa shape index (κ3) is 34.7. The van der Waals surface area contributed by atoms with Crippen LogP contribution >= 0.6 is 0 Å². The summed E-state index contributed by atoms with van der Waals surface area (Å²) in [6, 6.07) is -14.3. The lowest BCUT2D eigenvalue weighted by atomic mass is 9.94. The normalized spacial score (nSPS) is 16.0. The second kappa shape index (κ2) is 53.6. The smallest absolute Gasteiger partial charge is 0.326 e. The number of nitrogens with one attached hydrogen (secondary N) is 12. The van der Waals surface area contributed by atoms with Crippen LogP contribution in [-0.2, 0) is 80.0 Å². The van der Waals surface area contributed by atoms with Gasteiger partial charge in [0.05, 0.1) is 37.5 Å². The molecule has 18 atom stereocenters. The number of benzene rings is 2. The van der Waals surface area contributed by atoms with Crippen LogP contribution in [0, 0.1) is 23.7 Å². The molecule has 2 aromatic carbocycles. The van der Waals surface area contributed by atoms with Gasteiger partial charge in [0, 0.05) is 24.0 Å². The Hall–Kier alpha value is -9.78. The molecule has 32 N–H and O–H groups in total. The topological polar surface area (TPSA) is 701 Å². The molecule has 0 heterocycles. The molecule has 118 heavy (non-hydrogen) atoms. The van der Waals surface area contributed by atoms with E-state index in [9.17, 15) is 98.4 Å². The molecule has 40 nitrogen and oxygen atoms in total. The van der Waals surface area contributed by atoms with Crippen molar-refractivity contribution in [1.82, 2.24) is 63.8 Å². The molecular formula is C78H132N18O22. The maximum atomic E-state index is 15.0. The van der Waals surface area contributed by atoms with Crippen LogP contribution in [0.3, 0.4) is 0 Å². The second-order valence-electron chi connectivity index (χ2n) is 30.5. The third-order valence-corrected chi connectivity index (χ3v) is 20.1. The van der Waals surface area contributed by atoms with Gasteiger partial charge in [-0.15, -0.1) is 0 Å². The van der Waals surface area contributed by atoms with Crippen molar-refractivity contribution >= 4 is 82.8 Å². The molecule has 4 unspecified atom stereocenters. The van der Waals surface area contributed by atoms with Gasteiger partial charge >= 0.3 is 11.9 Å². The minimum absolute atomic E-state index is 0.0414. The van der Waals surface area contributed by atoms with Crippen LogP contribution < -0.4 is 98.2 Å². The molecule has 0 saturated heterocycles. The quantitative estimate of drug-likeness (QED) is 0.0276. The average Bonchev–Trinajstić information content (AvgIpc) is 0.878. The number of nitrogens with two attached hydrogens (primary N) is 6. The number of carbonyl (C=O) groups is 14. The molecule has 2 rings (SSSR count). The number of aromatic hydroxyl groups is 2. The van der Waals surface area contributed by atoms with Crippen LogP contribution in [0.4, 0.5) is 0 Å². The van der Waals surface area contributed by atoms with Gasteiger partial charge < -0.3 is 139 Å². The number of rotatable bonds is 57. The summed E-state index contributed by atoms with van der Waals surface area (Å²) in [5.74, 6) is -18.9.